The molecule has 0 atom stereocenters. The summed E-state index contributed by atoms with van der Waals surface area (Å²) in [6.45, 7) is 3.29. The topological polar surface area (TPSA) is 67.9 Å². The first-order valence-electron chi connectivity index (χ1n) is 10.9. The van der Waals surface area contributed by atoms with Crippen LogP contribution in [0.2, 0.25) is 0 Å². The zero-order valence-electron chi connectivity index (χ0n) is 18.5. The molecule has 33 heavy (non-hydrogen) atoms. The Hall–Kier alpha value is -4.06. The van der Waals surface area contributed by atoms with Gasteiger partial charge in [-0.25, -0.2) is 0 Å². The molecule has 6 nitrogen and oxygen atoms in total. The molecule has 0 spiro atoms. The Morgan fingerprint density at radius 3 is 2.39 bits per heavy atom. The average Bonchev–Trinajstić information content (AvgIpc) is 2.86. The number of ether oxygens (including phenoxy) is 2. The van der Waals surface area contributed by atoms with E-state index in [2.05, 4.69) is 5.32 Å². The lowest BCUT2D eigenvalue weighted by Crippen LogP contribution is -2.31. The molecular weight excluding hydrogens is 416 g/mol. The van der Waals surface area contributed by atoms with Gasteiger partial charge in [-0.15, -0.1) is 0 Å². The SMILES string of the molecule is CC(=O)NCc1ccc(C(=O)N(C/C=C/c2ccccc2)c2ccc3c(c2)OCCO3)cc1. The van der Waals surface area contributed by atoms with Gasteiger partial charge in [0, 0.05) is 37.3 Å². The predicted molar refractivity (Wildman–Crippen MR) is 129 cm³/mol. The Balaban J connectivity index is 1.58. The highest BCUT2D eigenvalue weighted by Gasteiger charge is 2.20. The van der Waals surface area contributed by atoms with Gasteiger partial charge in [0.25, 0.3) is 5.91 Å². The number of carbonyl (C=O) groups excluding carboxylic acids is 2. The van der Waals surface area contributed by atoms with Crippen molar-refractivity contribution in [2.75, 3.05) is 24.7 Å². The highest BCUT2D eigenvalue weighted by molar-refractivity contribution is 6.06. The molecule has 168 valence electrons. The van der Waals surface area contributed by atoms with E-state index < -0.39 is 0 Å². The number of amides is 2. The van der Waals surface area contributed by atoms with E-state index in [4.69, 9.17) is 9.47 Å². The van der Waals surface area contributed by atoms with Crippen molar-refractivity contribution in [2.24, 2.45) is 0 Å². The standard InChI is InChI=1S/C27H26N2O4/c1-20(30)28-19-22-9-11-23(12-10-22)27(31)29(15-5-8-21-6-3-2-4-7-21)24-13-14-25-26(18-24)33-17-16-32-25/h2-14,18H,15-17,19H2,1H3,(H,28,30)/b8-5+. The molecule has 6 heteroatoms. The summed E-state index contributed by atoms with van der Waals surface area (Å²) in [5.74, 6) is 1.09. The second kappa shape index (κ2) is 10.5. The Labute approximate surface area is 193 Å². The molecule has 1 aliphatic heterocycles. The third-order valence-electron chi connectivity index (χ3n) is 5.22. The number of hydrogen-bond donors (Lipinski definition) is 1. The Bertz CT molecular complexity index is 1140. The van der Waals surface area contributed by atoms with Gasteiger partial charge in [-0.2, -0.15) is 0 Å². The monoisotopic (exact) mass is 442 g/mol. The fourth-order valence-electron chi connectivity index (χ4n) is 3.51. The molecule has 3 aromatic carbocycles. The first-order chi connectivity index (χ1) is 16.1. The molecule has 0 bridgehead atoms. The fourth-order valence-corrected chi connectivity index (χ4v) is 3.51. The maximum Gasteiger partial charge on any atom is 0.258 e. The number of nitrogens with one attached hydrogen (secondary N) is 1. The van der Waals surface area contributed by atoms with E-state index in [1.807, 2.05) is 72.8 Å². The van der Waals surface area contributed by atoms with Gasteiger partial charge in [-0.1, -0.05) is 54.6 Å². The summed E-state index contributed by atoms with van der Waals surface area (Å²) in [5.41, 5.74) is 3.28. The summed E-state index contributed by atoms with van der Waals surface area (Å²) < 4.78 is 11.3. The van der Waals surface area contributed by atoms with Crippen LogP contribution in [0, 0.1) is 0 Å². The van der Waals surface area contributed by atoms with Crippen LogP contribution in [0.4, 0.5) is 5.69 Å². The van der Waals surface area contributed by atoms with Crippen molar-refractivity contribution in [1.29, 1.82) is 0 Å². The number of nitrogens with zero attached hydrogens (tertiary/aromatic N) is 1. The van der Waals surface area contributed by atoms with Crippen molar-refractivity contribution in [3.8, 4) is 11.5 Å². The maximum absolute atomic E-state index is 13.5. The lowest BCUT2D eigenvalue weighted by atomic mass is 10.1. The number of benzene rings is 3. The van der Waals surface area contributed by atoms with Gasteiger partial charge in [0.2, 0.25) is 5.91 Å². The normalized spacial score (nSPS) is 12.4. The lowest BCUT2D eigenvalue weighted by Gasteiger charge is -2.25. The van der Waals surface area contributed by atoms with Gasteiger partial charge in [0.15, 0.2) is 11.5 Å². The molecule has 0 unspecified atom stereocenters. The molecule has 1 N–H and O–H groups in total. The molecule has 0 aliphatic carbocycles. The van der Waals surface area contributed by atoms with E-state index in [0.717, 1.165) is 16.8 Å². The minimum absolute atomic E-state index is 0.0925. The zero-order valence-corrected chi connectivity index (χ0v) is 18.5. The smallest absolute Gasteiger partial charge is 0.258 e. The molecule has 0 fully saturated rings. The molecule has 0 saturated carbocycles. The second-order valence-electron chi connectivity index (χ2n) is 7.66. The van der Waals surface area contributed by atoms with E-state index in [0.29, 0.717) is 43.4 Å². The predicted octanol–water partition coefficient (Wildman–Crippen LogP) is 4.45. The first kappa shape index (κ1) is 22.1. The van der Waals surface area contributed by atoms with Gasteiger partial charge < -0.3 is 19.7 Å². The summed E-state index contributed by atoms with van der Waals surface area (Å²) in [4.78, 5) is 26.3. The van der Waals surface area contributed by atoms with Gasteiger partial charge >= 0.3 is 0 Å². The van der Waals surface area contributed by atoms with E-state index in [-0.39, 0.29) is 11.8 Å². The van der Waals surface area contributed by atoms with Crippen LogP contribution in [0.15, 0.2) is 78.9 Å². The Morgan fingerprint density at radius 1 is 0.939 bits per heavy atom. The molecule has 4 rings (SSSR count). The van der Waals surface area contributed by atoms with Gasteiger partial charge in [-0.3, -0.25) is 9.59 Å². The summed E-state index contributed by atoms with van der Waals surface area (Å²) in [5, 5.41) is 2.76. The van der Waals surface area contributed by atoms with Gasteiger partial charge in [0.05, 0.1) is 0 Å². The summed E-state index contributed by atoms with van der Waals surface area (Å²) >= 11 is 0. The van der Waals surface area contributed by atoms with Crippen LogP contribution >= 0.6 is 0 Å². The number of anilines is 1. The van der Waals surface area contributed by atoms with E-state index in [1.54, 1.807) is 17.0 Å². The van der Waals surface area contributed by atoms with E-state index in [9.17, 15) is 9.59 Å². The molecule has 0 saturated heterocycles. The van der Waals surface area contributed by atoms with Crippen molar-refractivity contribution in [3.05, 3.63) is 95.6 Å². The van der Waals surface area contributed by atoms with E-state index >= 15 is 0 Å². The number of carbonyl (C=O) groups is 2. The minimum Gasteiger partial charge on any atom is -0.486 e. The molecule has 0 aromatic heterocycles. The number of fused-ring (bicyclic) bond motifs is 1. The van der Waals surface area contributed by atoms with Crippen LogP contribution in [-0.4, -0.2) is 31.6 Å². The van der Waals surface area contributed by atoms with Crippen LogP contribution < -0.4 is 19.7 Å². The molecule has 0 radical (unpaired) electrons. The molecule has 2 amide bonds. The van der Waals surface area contributed by atoms with Crippen molar-refractivity contribution in [2.45, 2.75) is 13.5 Å². The van der Waals surface area contributed by atoms with Crippen molar-refractivity contribution in [3.63, 3.8) is 0 Å². The summed E-state index contributed by atoms with van der Waals surface area (Å²) in [6, 6.07) is 22.8. The van der Waals surface area contributed by atoms with Gasteiger partial charge in [0.1, 0.15) is 13.2 Å². The molecule has 3 aromatic rings. The van der Waals surface area contributed by atoms with Crippen LogP contribution in [0.1, 0.15) is 28.4 Å². The van der Waals surface area contributed by atoms with Crippen LogP contribution in [0.3, 0.4) is 0 Å². The largest absolute Gasteiger partial charge is 0.486 e. The average molecular weight is 443 g/mol. The number of hydrogen-bond acceptors (Lipinski definition) is 4. The third kappa shape index (κ3) is 5.80. The highest BCUT2D eigenvalue weighted by atomic mass is 16.6. The van der Waals surface area contributed by atoms with Crippen LogP contribution in [0.5, 0.6) is 11.5 Å². The molecule has 1 aliphatic rings. The fraction of sp³-hybridized carbons (Fsp3) is 0.185. The summed E-state index contributed by atoms with van der Waals surface area (Å²) in [6.07, 6.45) is 3.96. The van der Waals surface area contributed by atoms with Crippen molar-refractivity contribution >= 4 is 23.6 Å². The molecule has 1 heterocycles. The van der Waals surface area contributed by atoms with Gasteiger partial charge in [-0.05, 0) is 35.4 Å². The van der Waals surface area contributed by atoms with Crippen molar-refractivity contribution < 1.29 is 19.1 Å². The number of rotatable bonds is 7. The summed E-state index contributed by atoms with van der Waals surface area (Å²) in [7, 11) is 0. The highest BCUT2D eigenvalue weighted by Crippen LogP contribution is 2.34. The Morgan fingerprint density at radius 2 is 1.67 bits per heavy atom. The lowest BCUT2D eigenvalue weighted by molar-refractivity contribution is -0.119. The Kier molecular flexibility index (Phi) is 7.05. The molecular formula is C27H26N2O4. The quantitative estimate of drug-likeness (QED) is 0.587. The minimum atomic E-state index is -0.129. The van der Waals surface area contributed by atoms with Crippen molar-refractivity contribution in [1.82, 2.24) is 5.32 Å². The van der Waals surface area contributed by atoms with E-state index in [1.165, 1.54) is 6.92 Å². The maximum atomic E-state index is 13.5. The zero-order chi connectivity index (χ0) is 23.0. The van der Waals surface area contributed by atoms with Crippen LogP contribution in [0.25, 0.3) is 6.08 Å². The third-order valence-corrected chi connectivity index (χ3v) is 5.22. The second-order valence-corrected chi connectivity index (χ2v) is 7.66. The first-order valence-corrected chi connectivity index (χ1v) is 10.9. The van der Waals surface area contributed by atoms with Crippen LogP contribution in [-0.2, 0) is 11.3 Å².